The maximum absolute atomic E-state index is 12.9. The van der Waals surface area contributed by atoms with E-state index in [-0.39, 0.29) is 17.3 Å². The molecule has 0 saturated heterocycles. The van der Waals surface area contributed by atoms with E-state index in [1.807, 2.05) is 0 Å². The number of sulfonamides is 1. The molecule has 0 fully saturated rings. The first-order chi connectivity index (χ1) is 16.1. The Morgan fingerprint density at radius 1 is 0.941 bits per heavy atom. The summed E-state index contributed by atoms with van der Waals surface area (Å²) < 4.78 is 79.5. The lowest BCUT2D eigenvalue weighted by Gasteiger charge is -2.11. The third kappa shape index (κ3) is 6.41. The number of methoxy groups -OCH3 is 2. The molecule has 11 heteroatoms. The molecule has 0 radical (unpaired) electrons. The lowest BCUT2D eigenvalue weighted by molar-refractivity contribution is -0.137. The second-order valence-corrected chi connectivity index (χ2v) is 8.56. The number of halogens is 3. The summed E-state index contributed by atoms with van der Waals surface area (Å²) in [6, 6.07) is 15.6. The van der Waals surface area contributed by atoms with Crippen LogP contribution in [0.2, 0.25) is 0 Å². The van der Waals surface area contributed by atoms with Crippen molar-refractivity contribution in [3.05, 3.63) is 83.4 Å². The number of hydrogen-bond donors (Lipinski definition) is 1. The standard InChI is InChI=1S/C23H21F3N2O5S/c1-31-19-9-10-22(21(13-19)32-2)34(29,30)28-27-14-16-5-4-8-20(12-16)33-15-17-6-3-7-18(11-17)23(24,25)26/h3-14,28H,15H2,1-2H3/b27-14-. The van der Waals surface area contributed by atoms with Crippen LogP contribution < -0.4 is 19.0 Å². The van der Waals surface area contributed by atoms with Crippen molar-refractivity contribution in [2.24, 2.45) is 5.10 Å². The molecule has 0 unspecified atom stereocenters. The van der Waals surface area contributed by atoms with E-state index in [0.717, 1.165) is 12.1 Å². The Kier molecular flexibility index (Phi) is 7.67. The minimum Gasteiger partial charge on any atom is -0.497 e. The van der Waals surface area contributed by atoms with Gasteiger partial charge in [-0.1, -0.05) is 24.3 Å². The van der Waals surface area contributed by atoms with Crippen LogP contribution in [0.3, 0.4) is 0 Å². The molecule has 0 heterocycles. The van der Waals surface area contributed by atoms with Crippen LogP contribution in [0.5, 0.6) is 17.2 Å². The van der Waals surface area contributed by atoms with Crippen LogP contribution in [0.15, 0.2) is 76.7 Å². The lowest BCUT2D eigenvalue weighted by Crippen LogP contribution is -2.19. The van der Waals surface area contributed by atoms with Gasteiger partial charge in [-0.2, -0.15) is 31.5 Å². The average Bonchev–Trinajstić information content (AvgIpc) is 2.82. The first-order valence-corrected chi connectivity index (χ1v) is 11.3. The summed E-state index contributed by atoms with van der Waals surface area (Å²) in [6.07, 6.45) is -3.17. The van der Waals surface area contributed by atoms with Crippen LogP contribution >= 0.6 is 0 Å². The van der Waals surface area contributed by atoms with Crippen LogP contribution in [0, 0.1) is 0 Å². The fourth-order valence-corrected chi connectivity index (χ4v) is 3.85. The summed E-state index contributed by atoms with van der Waals surface area (Å²) in [5.41, 5.74) is 0.108. The van der Waals surface area contributed by atoms with Crippen LogP contribution in [0.1, 0.15) is 16.7 Å². The molecule has 0 atom stereocenters. The van der Waals surface area contributed by atoms with E-state index in [4.69, 9.17) is 14.2 Å². The number of benzene rings is 3. The highest BCUT2D eigenvalue weighted by atomic mass is 32.2. The quantitative estimate of drug-likeness (QED) is 0.347. The van der Waals surface area contributed by atoms with E-state index in [1.165, 1.54) is 50.8 Å². The third-order valence-corrected chi connectivity index (χ3v) is 5.83. The van der Waals surface area contributed by atoms with Gasteiger partial charge in [0.05, 0.1) is 26.0 Å². The van der Waals surface area contributed by atoms with Gasteiger partial charge >= 0.3 is 6.18 Å². The van der Waals surface area contributed by atoms with Crippen LogP contribution in [-0.2, 0) is 22.8 Å². The normalized spacial score (nSPS) is 11.9. The van der Waals surface area contributed by atoms with E-state index < -0.39 is 21.8 Å². The molecule has 0 aliphatic carbocycles. The van der Waals surface area contributed by atoms with Gasteiger partial charge in [-0.25, -0.2) is 0 Å². The minimum absolute atomic E-state index is 0.0750. The van der Waals surface area contributed by atoms with Gasteiger partial charge in [-0.3, -0.25) is 0 Å². The van der Waals surface area contributed by atoms with Crippen molar-refractivity contribution < 1.29 is 35.8 Å². The van der Waals surface area contributed by atoms with Gasteiger partial charge in [0.1, 0.15) is 28.8 Å². The molecule has 1 N–H and O–H groups in total. The number of ether oxygens (including phenoxy) is 3. The van der Waals surface area contributed by atoms with Crippen molar-refractivity contribution >= 4 is 16.2 Å². The van der Waals surface area contributed by atoms with Gasteiger partial charge in [-0.15, -0.1) is 0 Å². The topological polar surface area (TPSA) is 86.2 Å². The molecule has 3 aromatic carbocycles. The zero-order chi connectivity index (χ0) is 24.8. The first-order valence-electron chi connectivity index (χ1n) is 9.78. The van der Waals surface area contributed by atoms with Crippen molar-refractivity contribution in [2.75, 3.05) is 14.2 Å². The fraction of sp³-hybridized carbons (Fsp3) is 0.174. The highest BCUT2D eigenvalue weighted by molar-refractivity contribution is 7.89. The summed E-state index contributed by atoms with van der Waals surface area (Å²) >= 11 is 0. The highest BCUT2D eigenvalue weighted by Crippen LogP contribution is 2.30. The summed E-state index contributed by atoms with van der Waals surface area (Å²) in [6.45, 7) is -0.0750. The summed E-state index contributed by atoms with van der Waals surface area (Å²) in [4.78, 5) is 1.99. The van der Waals surface area contributed by atoms with Crippen molar-refractivity contribution in [2.45, 2.75) is 17.7 Å². The van der Waals surface area contributed by atoms with E-state index >= 15 is 0 Å². The SMILES string of the molecule is COc1ccc(S(=O)(=O)N/N=C\c2cccc(OCc3cccc(C(F)(F)F)c3)c2)c(OC)c1. The van der Waals surface area contributed by atoms with Crippen molar-refractivity contribution in [1.29, 1.82) is 0 Å². The molecule has 0 saturated carbocycles. The monoisotopic (exact) mass is 494 g/mol. The number of hydrazone groups is 1. The van der Waals surface area contributed by atoms with E-state index in [9.17, 15) is 21.6 Å². The minimum atomic E-state index is -4.43. The van der Waals surface area contributed by atoms with Gasteiger partial charge in [0.15, 0.2) is 0 Å². The van der Waals surface area contributed by atoms with Crippen molar-refractivity contribution in [3.63, 3.8) is 0 Å². The fourth-order valence-electron chi connectivity index (χ4n) is 2.91. The zero-order valence-electron chi connectivity index (χ0n) is 18.2. The van der Waals surface area contributed by atoms with E-state index in [0.29, 0.717) is 22.6 Å². The second kappa shape index (κ2) is 10.5. The molecule has 0 bridgehead atoms. The molecule has 0 aliphatic heterocycles. The number of alkyl halides is 3. The molecule has 3 aromatic rings. The smallest absolute Gasteiger partial charge is 0.416 e. The summed E-state index contributed by atoms with van der Waals surface area (Å²) in [5, 5.41) is 3.78. The number of hydrogen-bond acceptors (Lipinski definition) is 6. The van der Waals surface area contributed by atoms with Crippen LogP contribution in [-0.4, -0.2) is 28.9 Å². The molecule has 180 valence electrons. The largest absolute Gasteiger partial charge is 0.497 e. The molecular formula is C23H21F3N2O5S. The highest BCUT2D eigenvalue weighted by Gasteiger charge is 2.30. The Hall–Kier alpha value is -3.73. The van der Waals surface area contributed by atoms with Gasteiger partial charge in [0, 0.05) is 6.07 Å². The van der Waals surface area contributed by atoms with Crippen molar-refractivity contribution in [1.82, 2.24) is 4.83 Å². The molecule has 0 aromatic heterocycles. The zero-order valence-corrected chi connectivity index (χ0v) is 19.0. The van der Waals surface area contributed by atoms with Gasteiger partial charge < -0.3 is 14.2 Å². The molecule has 34 heavy (non-hydrogen) atoms. The third-order valence-electron chi connectivity index (χ3n) is 4.56. The van der Waals surface area contributed by atoms with Gasteiger partial charge in [-0.05, 0) is 47.5 Å². The maximum Gasteiger partial charge on any atom is 0.416 e. The Morgan fingerprint density at radius 2 is 1.71 bits per heavy atom. The first kappa shape index (κ1) is 24.9. The lowest BCUT2D eigenvalue weighted by atomic mass is 10.1. The Balaban J connectivity index is 1.67. The van der Waals surface area contributed by atoms with Crippen molar-refractivity contribution in [3.8, 4) is 17.2 Å². The Bertz CT molecular complexity index is 1280. The van der Waals surface area contributed by atoms with Crippen LogP contribution in [0.25, 0.3) is 0 Å². The number of nitrogens with one attached hydrogen (secondary N) is 1. The predicted octanol–water partition coefficient (Wildman–Crippen LogP) is 4.61. The average molecular weight is 494 g/mol. The van der Waals surface area contributed by atoms with Gasteiger partial charge in [0.25, 0.3) is 10.0 Å². The van der Waals surface area contributed by atoms with Crippen LogP contribution in [0.4, 0.5) is 13.2 Å². The molecule has 0 amide bonds. The molecular weight excluding hydrogens is 473 g/mol. The molecule has 0 aliphatic rings. The predicted molar refractivity (Wildman–Crippen MR) is 120 cm³/mol. The van der Waals surface area contributed by atoms with Gasteiger partial charge in [0.2, 0.25) is 0 Å². The molecule has 0 spiro atoms. The Morgan fingerprint density at radius 3 is 2.41 bits per heavy atom. The second-order valence-electron chi connectivity index (χ2n) is 6.93. The molecule has 7 nitrogen and oxygen atoms in total. The summed E-state index contributed by atoms with van der Waals surface area (Å²) in [7, 11) is -1.24. The summed E-state index contributed by atoms with van der Waals surface area (Å²) in [5.74, 6) is 0.898. The number of rotatable bonds is 9. The van der Waals surface area contributed by atoms with E-state index in [1.54, 1.807) is 24.3 Å². The molecule has 3 rings (SSSR count). The maximum atomic E-state index is 12.9. The van der Waals surface area contributed by atoms with E-state index in [2.05, 4.69) is 9.93 Å². The Labute approximate surface area is 194 Å². The number of nitrogens with zero attached hydrogens (tertiary/aromatic N) is 1.